The third kappa shape index (κ3) is 4.21. The second-order valence-electron chi connectivity index (χ2n) is 4.37. The van der Waals surface area contributed by atoms with E-state index in [0.717, 1.165) is 21.3 Å². The second kappa shape index (κ2) is 6.53. The van der Waals surface area contributed by atoms with E-state index >= 15 is 0 Å². The van der Waals surface area contributed by atoms with Crippen LogP contribution in [0, 0.1) is 0 Å². The molecule has 2 nitrogen and oxygen atoms in total. The summed E-state index contributed by atoms with van der Waals surface area (Å²) in [4.78, 5) is 12.0. The van der Waals surface area contributed by atoms with Crippen LogP contribution >= 0.6 is 15.9 Å². The van der Waals surface area contributed by atoms with Crippen molar-refractivity contribution in [1.29, 1.82) is 0 Å². The minimum absolute atomic E-state index is 0.200. The number of hydrogen-bond donors (Lipinski definition) is 0. The van der Waals surface area contributed by atoms with Gasteiger partial charge in [0.25, 0.3) is 0 Å². The lowest BCUT2D eigenvalue weighted by Gasteiger charge is -2.05. The molecule has 0 N–H and O–H groups in total. The van der Waals surface area contributed by atoms with Gasteiger partial charge in [0.05, 0.1) is 7.11 Å². The average molecular weight is 319 g/mol. The molecule has 19 heavy (non-hydrogen) atoms. The SMILES string of the molecule is COc1cccc(CC(=O)Cc2cccc(Br)c2)c1. The number of carbonyl (C=O) groups is 1. The summed E-state index contributed by atoms with van der Waals surface area (Å²) < 4.78 is 6.15. The molecule has 0 amide bonds. The van der Waals surface area contributed by atoms with Crippen molar-refractivity contribution in [3.8, 4) is 5.75 Å². The van der Waals surface area contributed by atoms with Gasteiger partial charge in [-0.1, -0.05) is 40.2 Å². The summed E-state index contributed by atoms with van der Waals surface area (Å²) in [6.45, 7) is 0. The first kappa shape index (κ1) is 13.8. The molecule has 0 saturated heterocycles. The molecule has 0 spiro atoms. The molecule has 0 bridgehead atoms. The van der Waals surface area contributed by atoms with Gasteiger partial charge >= 0.3 is 0 Å². The molecule has 0 atom stereocenters. The Morgan fingerprint density at radius 2 is 1.68 bits per heavy atom. The van der Waals surface area contributed by atoms with Gasteiger partial charge in [0.2, 0.25) is 0 Å². The van der Waals surface area contributed by atoms with Gasteiger partial charge in [0.1, 0.15) is 11.5 Å². The number of carbonyl (C=O) groups excluding carboxylic acids is 1. The number of hydrogen-bond acceptors (Lipinski definition) is 2. The minimum atomic E-state index is 0.200. The van der Waals surface area contributed by atoms with Crippen molar-refractivity contribution in [1.82, 2.24) is 0 Å². The maximum Gasteiger partial charge on any atom is 0.141 e. The molecule has 0 fully saturated rings. The first-order valence-corrected chi connectivity index (χ1v) is 6.86. The summed E-state index contributed by atoms with van der Waals surface area (Å²) in [5.74, 6) is 0.985. The Balaban J connectivity index is 2.01. The monoisotopic (exact) mass is 318 g/mol. The molecule has 0 saturated carbocycles. The fraction of sp³-hybridized carbons (Fsp3) is 0.188. The molecule has 2 aromatic rings. The van der Waals surface area contributed by atoms with E-state index in [0.29, 0.717) is 12.8 Å². The summed E-state index contributed by atoms with van der Waals surface area (Å²) in [5.41, 5.74) is 2.02. The number of methoxy groups -OCH3 is 1. The molecule has 0 aliphatic heterocycles. The Labute approximate surface area is 121 Å². The van der Waals surface area contributed by atoms with Gasteiger partial charge in [-0.25, -0.2) is 0 Å². The van der Waals surface area contributed by atoms with Gasteiger partial charge in [0.15, 0.2) is 0 Å². The standard InChI is InChI=1S/C16H15BrO2/c1-19-16-7-3-5-13(11-16)10-15(18)9-12-4-2-6-14(17)8-12/h2-8,11H,9-10H2,1H3. The number of Topliss-reactive ketones (excluding diaryl/α,β-unsaturated/α-hetero) is 1. The molecule has 0 radical (unpaired) electrons. The molecule has 0 aliphatic rings. The van der Waals surface area contributed by atoms with Crippen LogP contribution in [-0.2, 0) is 17.6 Å². The van der Waals surface area contributed by atoms with Crippen molar-refractivity contribution in [2.24, 2.45) is 0 Å². The highest BCUT2D eigenvalue weighted by molar-refractivity contribution is 9.10. The molecular formula is C16H15BrO2. The predicted octanol–water partition coefficient (Wildman–Crippen LogP) is 3.81. The number of rotatable bonds is 5. The summed E-state index contributed by atoms with van der Waals surface area (Å²) >= 11 is 3.41. The van der Waals surface area contributed by atoms with Gasteiger partial charge in [0, 0.05) is 17.3 Å². The van der Waals surface area contributed by atoms with E-state index < -0.39 is 0 Å². The number of ether oxygens (including phenoxy) is 1. The number of halogens is 1. The lowest BCUT2D eigenvalue weighted by atomic mass is 10.0. The highest BCUT2D eigenvalue weighted by Gasteiger charge is 2.06. The molecular weight excluding hydrogens is 304 g/mol. The van der Waals surface area contributed by atoms with Crippen molar-refractivity contribution in [2.45, 2.75) is 12.8 Å². The van der Waals surface area contributed by atoms with Crippen LogP contribution in [0.2, 0.25) is 0 Å². The highest BCUT2D eigenvalue weighted by atomic mass is 79.9. The van der Waals surface area contributed by atoms with Crippen molar-refractivity contribution < 1.29 is 9.53 Å². The van der Waals surface area contributed by atoms with Crippen LogP contribution in [0.15, 0.2) is 53.0 Å². The Morgan fingerprint density at radius 1 is 1.05 bits per heavy atom. The third-order valence-electron chi connectivity index (χ3n) is 2.83. The molecule has 2 rings (SSSR count). The molecule has 0 unspecified atom stereocenters. The molecule has 2 aromatic carbocycles. The van der Waals surface area contributed by atoms with E-state index in [1.165, 1.54) is 0 Å². The lowest BCUT2D eigenvalue weighted by Crippen LogP contribution is -2.06. The van der Waals surface area contributed by atoms with Crippen LogP contribution < -0.4 is 4.74 Å². The maximum atomic E-state index is 12.0. The lowest BCUT2D eigenvalue weighted by molar-refractivity contribution is -0.117. The zero-order chi connectivity index (χ0) is 13.7. The van der Waals surface area contributed by atoms with E-state index in [4.69, 9.17) is 4.74 Å². The topological polar surface area (TPSA) is 26.3 Å². The first-order valence-electron chi connectivity index (χ1n) is 6.06. The van der Waals surface area contributed by atoms with Gasteiger partial charge < -0.3 is 4.74 Å². The van der Waals surface area contributed by atoms with Gasteiger partial charge in [-0.15, -0.1) is 0 Å². The predicted molar refractivity (Wildman–Crippen MR) is 79.6 cm³/mol. The van der Waals surface area contributed by atoms with Crippen LogP contribution in [-0.4, -0.2) is 12.9 Å². The summed E-state index contributed by atoms with van der Waals surface area (Å²) in [6, 6.07) is 15.5. The maximum absolute atomic E-state index is 12.0. The summed E-state index contributed by atoms with van der Waals surface area (Å²) in [6.07, 6.45) is 0.889. The quantitative estimate of drug-likeness (QED) is 0.838. The largest absolute Gasteiger partial charge is 0.497 e. The Kier molecular flexibility index (Phi) is 4.74. The fourth-order valence-electron chi connectivity index (χ4n) is 1.95. The van der Waals surface area contributed by atoms with Gasteiger partial charge in [-0.3, -0.25) is 4.79 Å². The van der Waals surface area contributed by atoms with Crippen molar-refractivity contribution in [3.05, 3.63) is 64.1 Å². The van der Waals surface area contributed by atoms with Crippen molar-refractivity contribution in [3.63, 3.8) is 0 Å². The van der Waals surface area contributed by atoms with E-state index in [9.17, 15) is 4.79 Å². The first-order chi connectivity index (χ1) is 9.17. The zero-order valence-corrected chi connectivity index (χ0v) is 12.3. The third-order valence-corrected chi connectivity index (χ3v) is 3.32. The summed E-state index contributed by atoms with van der Waals surface area (Å²) in [7, 11) is 1.63. The number of benzene rings is 2. The van der Waals surface area contributed by atoms with Crippen LogP contribution in [0.25, 0.3) is 0 Å². The van der Waals surface area contributed by atoms with Crippen LogP contribution in [0.3, 0.4) is 0 Å². The van der Waals surface area contributed by atoms with Crippen LogP contribution in [0.4, 0.5) is 0 Å². The molecule has 0 heterocycles. The Hall–Kier alpha value is -1.61. The van der Waals surface area contributed by atoms with Gasteiger partial charge in [-0.2, -0.15) is 0 Å². The Morgan fingerprint density at radius 3 is 2.32 bits per heavy atom. The number of ketones is 1. The van der Waals surface area contributed by atoms with E-state index in [1.807, 2.05) is 48.5 Å². The van der Waals surface area contributed by atoms with Crippen molar-refractivity contribution >= 4 is 21.7 Å². The Bertz CT molecular complexity index is 578. The molecule has 98 valence electrons. The fourth-order valence-corrected chi connectivity index (χ4v) is 2.39. The van der Waals surface area contributed by atoms with Crippen LogP contribution in [0.1, 0.15) is 11.1 Å². The van der Waals surface area contributed by atoms with E-state index in [2.05, 4.69) is 15.9 Å². The molecule has 3 heteroatoms. The van der Waals surface area contributed by atoms with E-state index in [-0.39, 0.29) is 5.78 Å². The minimum Gasteiger partial charge on any atom is -0.497 e. The average Bonchev–Trinajstić information content (AvgIpc) is 2.38. The molecule has 0 aromatic heterocycles. The van der Waals surface area contributed by atoms with E-state index in [1.54, 1.807) is 7.11 Å². The van der Waals surface area contributed by atoms with Crippen LogP contribution in [0.5, 0.6) is 5.75 Å². The smallest absolute Gasteiger partial charge is 0.141 e. The highest BCUT2D eigenvalue weighted by Crippen LogP contribution is 2.15. The normalized spacial score (nSPS) is 10.2. The second-order valence-corrected chi connectivity index (χ2v) is 5.29. The van der Waals surface area contributed by atoms with Gasteiger partial charge in [-0.05, 0) is 35.4 Å². The summed E-state index contributed by atoms with van der Waals surface area (Å²) in [5, 5.41) is 0. The van der Waals surface area contributed by atoms with Crippen molar-refractivity contribution in [2.75, 3.05) is 7.11 Å². The molecule has 0 aliphatic carbocycles. The zero-order valence-electron chi connectivity index (χ0n) is 10.7.